The molecule has 0 radical (unpaired) electrons. The largest absolute Gasteiger partial charge is 0.329 e. The lowest BCUT2D eigenvalue weighted by molar-refractivity contribution is -0.129. The van der Waals surface area contributed by atoms with Crippen LogP contribution in [0.3, 0.4) is 0 Å². The molecule has 1 unspecified atom stereocenters. The highest BCUT2D eigenvalue weighted by atomic mass is 35.5. The molecule has 13 heteroatoms. The van der Waals surface area contributed by atoms with Gasteiger partial charge in [-0.15, -0.1) is 0 Å². The number of carbonyl (C=O) groups is 1. The van der Waals surface area contributed by atoms with Gasteiger partial charge in [0.1, 0.15) is 10.9 Å². The molecule has 1 aliphatic rings. The number of aromatic nitrogens is 4. The summed E-state index contributed by atoms with van der Waals surface area (Å²) >= 11 is 7.05. The maximum atomic E-state index is 17.9. The molecule has 1 aliphatic heterocycles. The van der Waals surface area contributed by atoms with E-state index in [1.54, 1.807) is 36.4 Å². The molecular formula is C37H36ClFN6O4S. The standard InChI is InChI=1S/C37H36ClFN6O4S/c1-8-28(46)44-14-12-22(15-23(44)17-40-6)30-24-16-26(38)31(29-20(4)9-10-27-25(29)18-42-43-27)32(39)35(24)45(37(47)36(30)50(7,48)49)34-21(5)11-13-41-33(34)19(2)3/h8-11,13,16,18-19,22-23H,1,12,14-15,17H2,2-5,7H3,(H,42,43)/t22?,23-/m1/s1. The molecule has 1 amide bonds. The lowest BCUT2D eigenvalue weighted by Gasteiger charge is -2.37. The summed E-state index contributed by atoms with van der Waals surface area (Å²) in [5, 5.41) is 7.86. The lowest BCUT2D eigenvalue weighted by atomic mass is 9.82. The molecule has 50 heavy (non-hydrogen) atoms. The second kappa shape index (κ2) is 13.1. The zero-order chi connectivity index (χ0) is 36.2. The molecule has 1 N–H and O–H groups in total. The summed E-state index contributed by atoms with van der Waals surface area (Å²) in [5.74, 6) is -2.01. The van der Waals surface area contributed by atoms with Gasteiger partial charge in [0, 0.05) is 40.9 Å². The molecule has 5 aromatic rings. The van der Waals surface area contributed by atoms with E-state index in [2.05, 4.69) is 26.6 Å². The first-order valence-corrected chi connectivity index (χ1v) is 18.4. The fourth-order valence-electron chi connectivity index (χ4n) is 7.42. The highest BCUT2D eigenvalue weighted by molar-refractivity contribution is 7.90. The van der Waals surface area contributed by atoms with E-state index < -0.39 is 38.1 Å². The molecule has 1 saturated heterocycles. The smallest absolute Gasteiger partial charge is 0.274 e. The molecule has 258 valence electrons. The molecular weight excluding hydrogens is 679 g/mol. The Balaban J connectivity index is 1.82. The van der Waals surface area contributed by atoms with E-state index in [0.717, 1.165) is 10.8 Å². The van der Waals surface area contributed by atoms with Crippen molar-refractivity contribution in [1.82, 2.24) is 24.6 Å². The van der Waals surface area contributed by atoms with Gasteiger partial charge in [-0.1, -0.05) is 38.1 Å². The minimum atomic E-state index is -4.25. The van der Waals surface area contributed by atoms with Gasteiger partial charge in [0.25, 0.3) is 5.56 Å². The molecule has 2 aromatic carbocycles. The number of benzene rings is 2. The van der Waals surface area contributed by atoms with Crippen LogP contribution in [0, 0.1) is 26.2 Å². The van der Waals surface area contributed by atoms with E-state index in [4.69, 9.17) is 18.2 Å². The SMILES string of the molecule is [C-]#[N+]C[C@H]1CC(c2c(S(C)(=O)=O)c(=O)n(-c3c(C)ccnc3C(C)C)c3c(F)c(-c4c(C)ccc5[nH]ncc45)c(Cl)cc23)CCN1C(=O)C=C. The average Bonchev–Trinajstić information content (AvgIpc) is 3.54. The van der Waals surface area contributed by atoms with Gasteiger partial charge < -0.3 is 9.74 Å². The highest BCUT2D eigenvalue weighted by Crippen LogP contribution is 2.45. The molecule has 0 saturated carbocycles. The molecule has 3 aromatic heterocycles. The Labute approximate surface area is 294 Å². The quantitative estimate of drug-likeness (QED) is 0.143. The van der Waals surface area contributed by atoms with Crippen LogP contribution in [0.25, 0.3) is 43.5 Å². The van der Waals surface area contributed by atoms with Crippen molar-refractivity contribution in [3.63, 3.8) is 0 Å². The predicted molar refractivity (Wildman–Crippen MR) is 193 cm³/mol. The average molecular weight is 715 g/mol. The third-order valence-corrected chi connectivity index (χ3v) is 11.0. The van der Waals surface area contributed by atoms with E-state index >= 15 is 4.39 Å². The number of carbonyl (C=O) groups excluding carboxylic acids is 1. The summed E-state index contributed by atoms with van der Waals surface area (Å²) in [4.78, 5) is 36.9. The molecule has 2 atom stereocenters. The maximum absolute atomic E-state index is 17.9. The zero-order valence-corrected chi connectivity index (χ0v) is 29.9. The Bertz CT molecular complexity index is 2450. The van der Waals surface area contributed by atoms with E-state index in [1.165, 1.54) is 6.08 Å². The number of fused-ring (bicyclic) bond motifs is 2. The van der Waals surface area contributed by atoms with Crippen molar-refractivity contribution >= 4 is 49.2 Å². The Morgan fingerprint density at radius 3 is 2.62 bits per heavy atom. The summed E-state index contributed by atoms with van der Waals surface area (Å²) in [5.41, 5.74) is 2.33. The lowest BCUT2D eigenvalue weighted by Crippen LogP contribution is -2.46. The summed E-state index contributed by atoms with van der Waals surface area (Å²) in [7, 11) is -4.25. The predicted octanol–water partition coefficient (Wildman–Crippen LogP) is 7.05. The minimum absolute atomic E-state index is 0.0154. The van der Waals surface area contributed by atoms with Gasteiger partial charge in [-0.25, -0.2) is 19.4 Å². The van der Waals surface area contributed by atoms with Crippen LogP contribution in [0.4, 0.5) is 4.39 Å². The Morgan fingerprint density at radius 1 is 1.22 bits per heavy atom. The van der Waals surface area contributed by atoms with Crippen molar-refractivity contribution < 1.29 is 17.6 Å². The van der Waals surface area contributed by atoms with Gasteiger partial charge in [0.15, 0.2) is 15.7 Å². The van der Waals surface area contributed by atoms with Crippen molar-refractivity contribution in [1.29, 1.82) is 0 Å². The number of likely N-dealkylation sites (tertiary alicyclic amines) is 1. The minimum Gasteiger partial charge on any atom is -0.329 e. The maximum Gasteiger partial charge on any atom is 0.274 e. The number of pyridine rings is 2. The second-order valence-corrected chi connectivity index (χ2v) is 15.5. The number of aromatic amines is 1. The zero-order valence-electron chi connectivity index (χ0n) is 28.3. The van der Waals surface area contributed by atoms with Crippen LogP contribution >= 0.6 is 11.6 Å². The normalized spacial score (nSPS) is 16.7. The first kappa shape index (κ1) is 35.0. The fourth-order valence-corrected chi connectivity index (χ4v) is 8.79. The van der Waals surface area contributed by atoms with E-state index in [9.17, 15) is 18.0 Å². The molecule has 0 aliphatic carbocycles. The van der Waals surface area contributed by atoms with Crippen LogP contribution in [-0.2, 0) is 14.6 Å². The fraction of sp³-hybridized carbons (Fsp3) is 0.324. The Hall–Kier alpha value is -4.86. The number of amides is 1. The van der Waals surface area contributed by atoms with E-state index in [1.807, 2.05) is 32.9 Å². The number of hydrogen-bond acceptors (Lipinski definition) is 6. The van der Waals surface area contributed by atoms with Gasteiger partial charge in [0.2, 0.25) is 12.5 Å². The van der Waals surface area contributed by atoms with Gasteiger partial charge in [-0.3, -0.25) is 24.2 Å². The van der Waals surface area contributed by atoms with Crippen molar-refractivity contribution in [3.05, 3.63) is 104 Å². The number of rotatable bonds is 7. The molecule has 0 bridgehead atoms. The first-order valence-electron chi connectivity index (χ1n) is 16.2. The third kappa shape index (κ3) is 5.68. The van der Waals surface area contributed by atoms with Crippen LogP contribution in [0.2, 0.25) is 5.02 Å². The van der Waals surface area contributed by atoms with Gasteiger partial charge in [-0.05, 0) is 79.5 Å². The Kier molecular flexibility index (Phi) is 9.18. The van der Waals surface area contributed by atoms with Crippen LogP contribution in [0.1, 0.15) is 60.9 Å². The van der Waals surface area contributed by atoms with Crippen molar-refractivity contribution in [2.45, 2.75) is 63.3 Å². The molecule has 6 rings (SSSR count). The number of H-pyrrole nitrogens is 1. The van der Waals surface area contributed by atoms with Crippen LogP contribution < -0.4 is 5.56 Å². The third-order valence-electron chi connectivity index (χ3n) is 9.61. The number of halogens is 2. The summed E-state index contributed by atoms with van der Waals surface area (Å²) in [6, 6.07) is 6.30. The number of piperidine rings is 1. The highest BCUT2D eigenvalue weighted by Gasteiger charge is 2.39. The molecule has 10 nitrogen and oxygen atoms in total. The molecule has 0 spiro atoms. The van der Waals surface area contributed by atoms with Crippen LogP contribution in [-0.4, -0.2) is 64.4 Å². The van der Waals surface area contributed by atoms with E-state index in [0.29, 0.717) is 33.3 Å². The van der Waals surface area contributed by atoms with Crippen molar-refractivity contribution in [2.75, 3.05) is 19.3 Å². The summed E-state index contributed by atoms with van der Waals surface area (Å²) < 4.78 is 46.6. The van der Waals surface area contributed by atoms with Gasteiger partial charge in [-0.2, -0.15) is 5.10 Å². The topological polar surface area (TPSA) is 122 Å². The number of nitrogens with one attached hydrogen (secondary N) is 1. The van der Waals surface area contributed by atoms with Crippen LogP contribution in [0.15, 0.2) is 59.0 Å². The Morgan fingerprint density at radius 2 is 1.96 bits per heavy atom. The molecule has 1 fully saturated rings. The molecule has 4 heterocycles. The first-order chi connectivity index (χ1) is 23.7. The number of aryl methyl sites for hydroxylation is 2. The van der Waals surface area contributed by atoms with Crippen molar-refractivity contribution in [2.24, 2.45) is 0 Å². The number of nitrogens with zero attached hydrogens (tertiary/aromatic N) is 5. The summed E-state index contributed by atoms with van der Waals surface area (Å²) in [6.07, 6.45) is 5.75. The number of sulfone groups is 1. The van der Waals surface area contributed by atoms with E-state index in [-0.39, 0.29) is 70.5 Å². The van der Waals surface area contributed by atoms with Crippen LogP contribution in [0.5, 0.6) is 0 Å². The van der Waals surface area contributed by atoms with Gasteiger partial charge >= 0.3 is 0 Å². The second-order valence-electron chi connectivity index (χ2n) is 13.2. The summed E-state index contributed by atoms with van der Waals surface area (Å²) in [6.45, 7) is 18.7. The van der Waals surface area contributed by atoms with Crippen molar-refractivity contribution in [3.8, 4) is 16.8 Å². The van der Waals surface area contributed by atoms with Gasteiger partial charge in [0.05, 0.1) is 33.6 Å². The number of hydrogen-bond donors (Lipinski definition) is 1. The monoisotopic (exact) mass is 714 g/mol.